The standard InChI is InChI=1S/C5H12O5/c6-1-3(2-7)4(8)5(9)10/h3-10H,1-2H2. The zero-order valence-electron chi connectivity index (χ0n) is 5.38. The minimum Gasteiger partial charge on any atom is -0.396 e. The predicted molar refractivity (Wildman–Crippen MR) is 31.9 cm³/mol. The smallest absolute Gasteiger partial charge is 0.178 e. The second kappa shape index (κ2) is 4.59. The lowest BCUT2D eigenvalue weighted by atomic mass is 10.0. The molecule has 1 unspecified atom stereocenters. The molecule has 0 aromatic rings. The number of hydrogen-bond acceptors (Lipinski definition) is 5. The molecule has 0 radical (unpaired) electrons. The third-order valence-corrected chi connectivity index (χ3v) is 1.26. The van der Waals surface area contributed by atoms with Crippen LogP contribution in [-0.4, -0.2) is 51.1 Å². The van der Waals surface area contributed by atoms with Gasteiger partial charge in [0.15, 0.2) is 6.29 Å². The van der Waals surface area contributed by atoms with Crippen molar-refractivity contribution in [1.29, 1.82) is 0 Å². The minimum atomic E-state index is -1.91. The summed E-state index contributed by atoms with van der Waals surface area (Å²) < 4.78 is 0. The summed E-state index contributed by atoms with van der Waals surface area (Å²) >= 11 is 0. The van der Waals surface area contributed by atoms with Gasteiger partial charge in [0.1, 0.15) is 6.10 Å². The van der Waals surface area contributed by atoms with E-state index in [0.717, 1.165) is 0 Å². The highest BCUT2D eigenvalue weighted by Crippen LogP contribution is 2.04. The van der Waals surface area contributed by atoms with E-state index < -0.39 is 31.5 Å². The first-order chi connectivity index (χ1) is 4.63. The molecule has 0 amide bonds. The van der Waals surface area contributed by atoms with Gasteiger partial charge >= 0.3 is 0 Å². The molecule has 0 saturated carbocycles. The van der Waals surface area contributed by atoms with E-state index in [1.807, 2.05) is 0 Å². The molecule has 5 nitrogen and oxygen atoms in total. The molecule has 5 heteroatoms. The number of hydrogen-bond donors (Lipinski definition) is 5. The summed E-state index contributed by atoms with van der Waals surface area (Å²) in [5, 5.41) is 42.2. The van der Waals surface area contributed by atoms with Crippen LogP contribution < -0.4 is 0 Å². The molecular weight excluding hydrogens is 140 g/mol. The van der Waals surface area contributed by atoms with Gasteiger partial charge in [-0.05, 0) is 0 Å². The Morgan fingerprint density at radius 1 is 0.900 bits per heavy atom. The number of aliphatic hydroxyl groups is 5. The summed E-state index contributed by atoms with van der Waals surface area (Å²) in [5.41, 5.74) is 0. The molecular formula is C5H12O5. The van der Waals surface area contributed by atoms with Crippen molar-refractivity contribution in [2.75, 3.05) is 13.2 Å². The van der Waals surface area contributed by atoms with Gasteiger partial charge in [0, 0.05) is 5.92 Å². The maximum atomic E-state index is 8.77. The summed E-state index contributed by atoms with van der Waals surface area (Å²) in [7, 11) is 0. The van der Waals surface area contributed by atoms with Gasteiger partial charge in [-0.25, -0.2) is 0 Å². The fourth-order valence-corrected chi connectivity index (χ4v) is 0.517. The minimum absolute atomic E-state index is 0.477. The monoisotopic (exact) mass is 152 g/mol. The van der Waals surface area contributed by atoms with Crippen molar-refractivity contribution in [2.24, 2.45) is 5.92 Å². The van der Waals surface area contributed by atoms with Crippen molar-refractivity contribution in [3.8, 4) is 0 Å². The van der Waals surface area contributed by atoms with E-state index in [0.29, 0.717) is 0 Å². The Morgan fingerprint density at radius 2 is 1.30 bits per heavy atom. The Bertz CT molecular complexity index is 80.1. The predicted octanol–water partition coefficient (Wildman–Crippen LogP) is -2.74. The lowest BCUT2D eigenvalue weighted by Crippen LogP contribution is -2.37. The van der Waals surface area contributed by atoms with Crippen molar-refractivity contribution >= 4 is 0 Å². The molecule has 62 valence electrons. The van der Waals surface area contributed by atoms with Crippen LogP contribution in [0.5, 0.6) is 0 Å². The van der Waals surface area contributed by atoms with Gasteiger partial charge in [0.25, 0.3) is 0 Å². The molecule has 0 fully saturated rings. The molecule has 0 aliphatic rings. The normalized spacial score (nSPS) is 14.7. The molecule has 0 aliphatic heterocycles. The van der Waals surface area contributed by atoms with Crippen LogP contribution in [0.3, 0.4) is 0 Å². The summed E-state index contributed by atoms with van der Waals surface area (Å²) in [4.78, 5) is 0. The van der Waals surface area contributed by atoms with Gasteiger partial charge in [-0.3, -0.25) is 0 Å². The Kier molecular flexibility index (Phi) is 4.50. The van der Waals surface area contributed by atoms with Gasteiger partial charge in [-0.15, -0.1) is 0 Å². The van der Waals surface area contributed by atoms with Crippen molar-refractivity contribution in [1.82, 2.24) is 0 Å². The third kappa shape index (κ3) is 2.59. The van der Waals surface area contributed by atoms with E-state index >= 15 is 0 Å². The third-order valence-electron chi connectivity index (χ3n) is 1.26. The molecule has 0 spiro atoms. The molecule has 0 saturated heterocycles. The molecule has 0 aromatic carbocycles. The zero-order chi connectivity index (χ0) is 8.15. The summed E-state index contributed by atoms with van der Waals surface area (Å²) in [6.45, 7) is -0.954. The van der Waals surface area contributed by atoms with Gasteiger partial charge in [0.05, 0.1) is 13.2 Å². The molecule has 10 heavy (non-hydrogen) atoms. The molecule has 0 rings (SSSR count). The van der Waals surface area contributed by atoms with Crippen molar-refractivity contribution in [3.63, 3.8) is 0 Å². The molecule has 0 aliphatic carbocycles. The van der Waals surface area contributed by atoms with Crippen LogP contribution in [0.4, 0.5) is 0 Å². The van der Waals surface area contributed by atoms with Gasteiger partial charge in [-0.1, -0.05) is 0 Å². The fraction of sp³-hybridized carbons (Fsp3) is 1.00. The fourth-order valence-electron chi connectivity index (χ4n) is 0.517. The van der Waals surface area contributed by atoms with E-state index in [1.54, 1.807) is 0 Å². The summed E-state index contributed by atoms with van der Waals surface area (Å²) in [6.07, 6.45) is -3.40. The average Bonchev–Trinajstić information content (AvgIpc) is 1.90. The van der Waals surface area contributed by atoms with Crippen LogP contribution in [0, 0.1) is 5.92 Å². The Balaban J connectivity index is 3.76. The van der Waals surface area contributed by atoms with Crippen LogP contribution in [0.15, 0.2) is 0 Å². The van der Waals surface area contributed by atoms with E-state index in [2.05, 4.69) is 0 Å². The van der Waals surface area contributed by atoms with Crippen molar-refractivity contribution < 1.29 is 25.5 Å². The average molecular weight is 152 g/mol. The van der Waals surface area contributed by atoms with E-state index in [9.17, 15) is 0 Å². The van der Waals surface area contributed by atoms with Crippen molar-refractivity contribution in [3.05, 3.63) is 0 Å². The van der Waals surface area contributed by atoms with Crippen LogP contribution in [0.1, 0.15) is 0 Å². The Morgan fingerprint density at radius 3 is 1.40 bits per heavy atom. The van der Waals surface area contributed by atoms with E-state index in [1.165, 1.54) is 0 Å². The molecule has 0 bridgehead atoms. The summed E-state index contributed by atoms with van der Waals surface area (Å²) in [6, 6.07) is 0. The van der Waals surface area contributed by atoms with Crippen LogP contribution >= 0.6 is 0 Å². The maximum Gasteiger partial charge on any atom is 0.178 e. The molecule has 0 heterocycles. The topological polar surface area (TPSA) is 101 Å². The Labute approximate surface area is 58.2 Å². The van der Waals surface area contributed by atoms with Gasteiger partial charge < -0.3 is 25.5 Å². The second-order valence-corrected chi connectivity index (χ2v) is 2.03. The Hall–Kier alpha value is -0.200. The van der Waals surface area contributed by atoms with Gasteiger partial charge in [-0.2, -0.15) is 0 Å². The first-order valence-corrected chi connectivity index (χ1v) is 2.89. The number of rotatable bonds is 4. The second-order valence-electron chi connectivity index (χ2n) is 2.03. The zero-order valence-corrected chi connectivity index (χ0v) is 5.38. The highest BCUT2D eigenvalue weighted by Gasteiger charge is 2.23. The molecule has 1 atom stereocenters. The van der Waals surface area contributed by atoms with E-state index in [-0.39, 0.29) is 0 Å². The summed E-state index contributed by atoms with van der Waals surface area (Å²) in [5.74, 6) is -0.889. The highest BCUT2D eigenvalue weighted by molar-refractivity contribution is 4.67. The lowest BCUT2D eigenvalue weighted by molar-refractivity contribution is -0.151. The SMILES string of the molecule is OCC(CO)C(O)C(O)O. The largest absolute Gasteiger partial charge is 0.396 e. The van der Waals surface area contributed by atoms with Crippen molar-refractivity contribution in [2.45, 2.75) is 12.4 Å². The lowest BCUT2D eigenvalue weighted by Gasteiger charge is -2.19. The van der Waals surface area contributed by atoms with Crippen LogP contribution in [-0.2, 0) is 0 Å². The quantitative estimate of drug-likeness (QED) is 0.281. The highest BCUT2D eigenvalue weighted by atomic mass is 16.5. The van der Waals surface area contributed by atoms with Crippen LogP contribution in [0.25, 0.3) is 0 Å². The van der Waals surface area contributed by atoms with Gasteiger partial charge in [0.2, 0.25) is 0 Å². The first kappa shape index (κ1) is 9.80. The first-order valence-electron chi connectivity index (χ1n) is 2.89. The maximum absolute atomic E-state index is 8.77. The van der Waals surface area contributed by atoms with E-state index in [4.69, 9.17) is 25.5 Å². The number of aliphatic hydroxyl groups excluding tert-OH is 4. The molecule has 5 N–H and O–H groups in total. The van der Waals surface area contributed by atoms with Crippen LogP contribution in [0.2, 0.25) is 0 Å². The molecule has 0 aromatic heterocycles.